The third-order valence-corrected chi connectivity index (χ3v) is 5.95. The Kier molecular flexibility index (Phi) is 5.45. The van der Waals surface area contributed by atoms with Crippen LogP contribution in [0.1, 0.15) is 5.56 Å². The van der Waals surface area contributed by atoms with Crippen molar-refractivity contribution in [2.24, 2.45) is 0 Å². The number of halogens is 2. The summed E-state index contributed by atoms with van der Waals surface area (Å²) in [7, 11) is -2.22. The van der Waals surface area contributed by atoms with Crippen LogP contribution in [-0.4, -0.2) is 34.4 Å². The van der Waals surface area contributed by atoms with Gasteiger partial charge in [-0.15, -0.1) is 0 Å². The van der Waals surface area contributed by atoms with E-state index in [1.807, 2.05) is 0 Å². The predicted octanol–water partition coefficient (Wildman–Crippen LogP) is 2.36. The van der Waals surface area contributed by atoms with E-state index in [2.05, 4.69) is 0 Å². The first kappa shape index (κ1) is 14.2. The predicted molar refractivity (Wildman–Crippen MR) is 68.3 cm³/mol. The normalized spacial score (nSPS) is 11.8. The molecule has 16 heavy (non-hydrogen) atoms. The third-order valence-electron chi connectivity index (χ3n) is 2.46. The molecule has 0 aliphatic carbocycles. The van der Waals surface area contributed by atoms with Gasteiger partial charge in [-0.3, -0.25) is 0 Å². The summed E-state index contributed by atoms with van der Waals surface area (Å²) in [6.45, 7) is 0. The van der Waals surface area contributed by atoms with Crippen molar-refractivity contribution in [1.82, 2.24) is 0 Å². The zero-order chi connectivity index (χ0) is 12.2. The molecule has 0 amide bonds. The fourth-order valence-electron chi connectivity index (χ4n) is 1.30. The van der Waals surface area contributed by atoms with Gasteiger partial charge >= 0.3 is 0 Å². The monoisotopic (exact) mass is 283 g/mol. The van der Waals surface area contributed by atoms with Gasteiger partial charge in [0.25, 0.3) is 0 Å². The van der Waals surface area contributed by atoms with E-state index in [1.165, 1.54) is 0 Å². The fraction of sp³-hybridized carbons (Fsp3) is 0.400. The lowest BCUT2D eigenvalue weighted by Crippen LogP contribution is -2.10. The smallest absolute Gasteiger partial charge is 0.159 e. The summed E-state index contributed by atoms with van der Waals surface area (Å²) in [5.41, 5.74) is 0.677. The van der Waals surface area contributed by atoms with Gasteiger partial charge in [-0.25, -0.2) is 0 Å². The summed E-state index contributed by atoms with van der Waals surface area (Å²) in [6, 6.07) is 5.12. The molecule has 0 spiro atoms. The van der Waals surface area contributed by atoms with Gasteiger partial charge in [0.15, 0.2) is 19.0 Å². The summed E-state index contributed by atoms with van der Waals surface area (Å²) in [6.07, 6.45) is -0.320. The molecule has 90 valence electrons. The van der Waals surface area contributed by atoms with Crippen LogP contribution in [-0.2, 0) is 6.16 Å². The molecule has 0 heterocycles. The van der Waals surface area contributed by atoms with Crippen molar-refractivity contribution in [2.45, 2.75) is 6.16 Å². The van der Waals surface area contributed by atoms with Gasteiger partial charge in [0, 0.05) is 15.6 Å². The third kappa shape index (κ3) is 3.07. The molecule has 1 aromatic carbocycles. The molecule has 1 rings (SSSR count). The van der Waals surface area contributed by atoms with Crippen LogP contribution in [0.3, 0.4) is 0 Å². The highest BCUT2D eigenvalue weighted by molar-refractivity contribution is 7.74. The number of hydrogen-bond donors (Lipinski definition) is 3. The molecule has 0 aliphatic heterocycles. The molecule has 0 atom stereocenters. The van der Waals surface area contributed by atoms with Crippen LogP contribution >= 0.6 is 30.5 Å². The second-order valence-corrected chi connectivity index (χ2v) is 8.29. The standard InChI is InChI=1S/C10H14Cl2O3P/c11-9-2-1-3-10(12)8(9)4-16(5-13,6-14)7-15/h1-3,13-15H,4-7H2/q+1. The SMILES string of the molecule is OC[P+](CO)(CO)Cc1c(Cl)cccc1Cl. The van der Waals surface area contributed by atoms with Crippen LogP contribution in [0.2, 0.25) is 10.0 Å². The van der Waals surface area contributed by atoms with E-state index in [9.17, 15) is 15.3 Å². The molecule has 0 saturated carbocycles. The van der Waals surface area contributed by atoms with Crippen molar-refractivity contribution in [3.63, 3.8) is 0 Å². The summed E-state index contributed by atoms with van der Waals surface area (Å²) in [5.74, 6) is 0. The molecular weight excluding hydrogens is 270 g/mol. The first-order valence-corrected chi connectivity index (χ1v) is 7.97. The maximum absolute atomic E-state index is 9.26. The number of aliphatic hydroxyl groups is 3. The van der Waals surface area contributed by atoms with Gasteiger partial charge in [0.05, 0.1) is 13.4 Å². The molecule has 0 aliphatic rings. The van der Waals surface area contributed by atoms with E-state index in [4.69, 9.17) is 23.2 Å². The van der Waals surface area contributed by atoms with Crippen LogP contribution in [0.25, 0.3) is 0 Å². The number of aliphatic hydroxyl groups excluding tert-OH is 3. The van der Waals surface area contributed by atoms with E-state index >= 15 is 0 Å². The minimum atomic E-state index is -2.22. The molecule has 1 aromatic rings. The first-order valence-electron chi connectivity index (χ1n) is 4.69. The Hall–Kier alpha value is 0.110. The van der Waals surface area contributed by atoms with Crippen LogP contribution in [0.4, 0.5) is 0 Å². The van der Waals surface area contributed by atoms with E-state index in [0.717, 1.165) is 0 Å². The van der Waals surface area contributed by atoms with Crippen molar-refractivity contribution in [3.8, 4) is 0 Å². The molecule has 6 heteroatoms. The highest BCUT2D eigenvalue weighted by Crippen LogP contribution is 2.60. The van der Waals surface area contributed by atoms with E-state index in [-0.39, 0.29) is 19.0 Å². The number of rotatable bonds is 5. The minimum Gasteiger partial charge on any atom is -0.362 e. The van der Waals surface area contributed by atoms with Crippen molar-refractivity contribution in [1.29, 1.82) is 0 Å². The van der Waals surface area contributed by atoms with Gasteiger partial charge in [-0.1, -0.05) is 29.3 Å². The Balaban J connectivity index is 3.02. The lowest BCUT2D eigenvalue weighted by Gasteiger charge is -2.21. The Bertz CT molecular complexity index is 327. The largest absolute Gasteiger partial charge is 0.362 e. The van der Waals surface area contributed by atoms with Gasteiger partial charge in [0.2, 0.25) is 0 Å². The average Bonchev–Trinajstić information content (AvgIpc) is 2.30. The highest BCUT2D eigenvalue weighted by atomic mass is 35.5. The van der Waals surface area contributed by atoms with Gasteiger partial charge in [-0.05, 0) is 12.1 Å². The van der Waals surface area contributed by atoms with Crippen molar-refractivity contribution in [2.75, 3.05) is 19.0 Å². The topological polar surface area (TPSA) is 60.7 Å². The van der Waals surface area contributed by atoms with Crippen molar-refractivity contribution >= 4 is 30.5 Å². The first-order chi connectivity index (χ1) is 7.58. The maximum atomic E-state index is 9.26. The van der Waals surface area contributed by atoms with Crippen molar-refractivity contribution in [3.05, 3.63) is 33.8 Å². The summed E-state index contributed by atoms with van der Waals surface area (Å²) in [5, 5.41) is 28.8. The van der Waals surface area contributed by atoms with Gasteiger partial charge in [0.1, 0.15) is 0 Å². The van der Waals surface area contributed by atoms with E-state index in [0.29, 0.717) is 21.8 Å². The Morgan fingerprint density at radius 3 is 1.75 bits per heavy atom. The zero-order valence-electron chi connectivity index (χ0n) is 8.61. The average molecular weight is 284 g/mol. The molecule has 0 aromatic heterocycles. The molecule has 3 nitrogen and oxygen atoms in total. The summed E-state index contributed by atoms with van der Waals surface area (Å²) in [4.78, 5) is 0. The molecule has 3 N–H and O–H groups in total. The minimum absolute atomic E-state index is 0.221. The van der Waals surface area contributed by atoms with Crippen LogP contribution < -0.4 is 0 Å². The van der Waals surface area contributed by atoms with Crippen molar-refractivity contribution < 1.29 is 15.3 Å². The summed E-state index contributed by atoms with van der Waals surface area (Å²) >= 11 is 12.0. The Morgan fingerprint density at radius 2 is 1.38 bits per heavy atom. The number of benzene rings is 1. The Labute approximate surface area is 105 Å². The fourth-order valence-corrected chi connectivity index (χ4v) is 3.60. The Morgan fingerprint density at radius 1 is 0.938 bits per heavy atom. The van der Waals surface area contributed by atoms with Crippen LogP contribution in [0.15, 0.2) is 18.2 Å². The lowest BCUT2D eigenvalue weighted by molar-refractivity contribution is 0.311. The highest BCUT2D eigenvalue weighted by Gasteiger charge is 2.37. The number of hydrogen-bond acceptors (Lipinski definition) is 3. The molecule has 0 radical (unpaired) electrons. The van der Waals surface area contributed by atoms with Gasteiger partial charge in [-0.2, -0.15) is 0 Å². The quantitative estimate of drug-likeness (QED) is 0.727. The summed E-state index contributed by atoms with van der Waals surface area (Å²) < 4.78 is 0. The molecular formula is C10H14Cl2O3P+. The zero-order valence-corrected chi connectivity index (χ0v) is 11.0. The molecule has 0 saturated heterocycles. The van der Waals surface area contributed by atoms with Gasteiger partial charge < -0.3 is 15.3 Å². The van der Waals surface area contributed by atoms with Crippen LogP contribution in [0.5, 0.6) is 0 Å². The van der Waals surface area contributed by atoms with Crippen LogP contribution in [0, 0.1) is 0 Å². The lowest BCUT2D eigenvalue weighted by atomic mass is 10.2. The van der Waals surface area contributed by atoms with E-state index in [1.54, 1.807) is 18.2 Å². The second-order valence-electron chi connectivity index (χ2n) is 3.62. The molecule has 0 unspecified atom stereocenters. The molecule has 0 fully saturated rings. The maximum Gasteiger partial charge on any atom is 0.159 e. The second kappa shape index (κ2) is 6.15. The molecule has 0 bridgehead atoms. The van der Waals surface area contributed by atoms with E-state index < -0.39 is 7.26 Å².